The Morgan fingerprint density at radius 2 is 2.00 bits per heavy atom. The lowest BCUT2D eigenvalue weighted by molar-refractivity contribution is -0.125. The van der Waals surface area contributed by atoms with Crippen molar-refractivity contribution < 1.29 is 14.1 Å². The summed E-state index contributed by atoms with van der Waals surface area (Å²) in [4.78, 5) is 27.1. The summed E-state index contributed by atoms with van der Waals surface area (Å²) in [5.74, 6) is 0.774. The maximum atomic E-state index is 11.7. The molecule has 1 fully saturated rings. The van der Waals surface area contributed by atoms with Gasteiger partial charge in [-0.2, -0.15) is 4.98 Å². The molecule has 2 rings (SSSR count). The Labute approximate surface area is 141 Å². The molecule has 0 bridgehead atoms. The second kappa shape index (κ2) is 9.46. The van der Waals surface area contributed by atoms with Crippen LogP contribution in [-0.2, 0) is 9.59 Å². The largest absolute Gasteiger partial charge is 0.346 e. The van der Waals surface area contributed by atoms with Crippen LogP contribution < -0.4 is 16.4 Å². The summed E-state index contributed by atoms with van der Waals surface area (Å²) >= 11 is 0. The summed E-state index contributed by atoms with van der Waals surface area (Å²) in [5.41, 5.74) is 5.15. The number of aromatic nitrogens is 2. The molecular weight excluding hydrogens is 322 g/mol. The van der Waals surface area contributed by atoms with Crippen LogP contribution in [0.15, 0.2) is 4.52 Å². The molecule has 4 N–H and O–H groups in total. The molecule has 0 aliphatic heterocycles. The number of amides is 2. The van der Waals surface area contributed by atoms with Crippen LogP contribution in [0.1, 0.15) is 62.7 Å². The molecule has 0 spiro atoms. The molecule has 8 nitrogen and oxygen atoms in total. The highest BCUT2D eigenvalue weighted by Crippen LogP contribution is 2.31. The lowest BCUT2D eigenvalue weighted by Crippen LogP contribution is -2.40. The molecule has 1 aromatic heterocycles. The van der Waals surface area contributed by atoms with Crippen molar-refractivity contribution in [3.63, 3.8) is 0 Å². The molecule has 9 heteroatoms. The number of carbonyl (C=O) groups excluding carboxylic acids is 2. The molecule has 1 aromatic rings. The highest BCUT2D eigenvalue weighted by molar-refractivity contribution is 5.85. The van der Waals surface area contributed by atoms with E-state index in [9.17, 15) is 9.59 Å². The fraction of sp³-hybridized carbons (Fsp3) is 0.714. The second-order valence-electron chi connectivity index (χ2n) is 5.60. The maximum Gasteiger partial charge on any atom is 0.248 e. The van der Waals surface area contributed by atoms with Gasteiger partial charge in [0.1, 0.15) is 6.04 Å². The first-order valence-corrected chi connectivity index (χ1v) is 7.69. The zero-order valence-electron chi connectivity index (χ0n) is 13.2. The molecule has 130 valence electrons. The summed E-state index contributed by atoms with van der Waals surface area (Å²) in [7, 11) is 0. The molecule has 23 heavy (non-hydrogen) atoms. The van der Waals surface area contributed by atoms with Crippen LogP contribution >= 0.6 is 12.4 Å². The van der Waals surface area contributed by atoms with E-state index in [1.807, 2.05) is 0 Å². The summed E-state index contributed by atoms with van der Waals surface area (Å²) < 4.78 is 5.24. The summed E-state index contributed by atoms with van der Waals surface area (Å²) in [6.45, 7) is 1.50. The minimum atomic E-state index is -0.396. The van der Waals surface area contributed by atoms with Crippen LogP contribution in [0, 0.1) is 0 Å². The number of hydrogen-bond donors (Lipinski definition) is 3. The van der Waals surface area contributed by atoms with E-state index in [1.165, 1.54) is 19.3 Å². The van der Waals surface area contributed by atoms with Gasteiger partial charge in [-0.1, -0.05) is 24.4 Å². The van der Waals surface area contributed by atoms with Crippen molar-refractivity contribution in [3.8, 4) is 0 Å². The highest BCUT2D eigenvalue weighted by Gasteiger charge is 2.23. The third-order valence-electron chi connectivity index (χ3n) is 3.81. The first-order chi connectivity index (χ1) is 10.6. The topological polar surface area (TPSA) is 123 Å². The standard InChI is InChI=1S/C14H23N5O3.ClH/c1-9(17-12(21)8-16-11(20)7-15)14-18-13(19-22-14)10-5-3-2-4-6-10;/h9-10H,2-8,15H2,1H3,(H,16,20)(H,17,21);1H. The molecule has 1 atom stereocenters. The van der Waals surface area contributed by atoms with Crippen LogP contribution in [0.25, 0.3) is 0 Å². The van der Waals surface area contributed by atoms with Gasteiger partial charge in [0, 0.05) is 5.92 Å². The average molecular weight is 346 g/mol. The number of nitrogens with one attached hydrogen (secondary N) is 2. The zero-order chi connectivity index (χ0) is 15.9. The quantitative estimate of drug-likeness (QED) is 0.700. The van der Waals surface area contributed by atoms with Gasteiger partial charge in [0.05, 0.1) is 13.1 Å². The van der Waals surface area contributed by atoms with Gasteiger partial charge in [-0.25, -0.2) is 0 Å². The number of nitrogens with zero attached hydrogens (tertiary/aromatic N) is 2. The Bertz CT molecular complexity index is 516. The average Bonchev–Trinajstić information content (AvgIpc) is 3.03. The zero-order valence-corrected chi connectivity index (χ0v) is 14.0. The van der Waals surface area contributed by atoms with Crippen LogP contribution in [0.4, 0.5) is 0 Å². The van der Waals surface area contributed by atoms with Crippen molar-refractivity contribution in [2.24, 2.45) is 5.73 Å². The Hall–Kier alpha value is -1.67. The van der Waals surface area contributed by atoms with E-state index < -0.39 is 6.04 Å². The predicted molar refractivity (Wildman–Crippen MR) is 86.0 cm³/mol. The molecule has 1 aliphatic carbocycles. The Kier molecular flexibility index (Phi) is 7.97. The van der Waals surface area contributed by atoms with Gasteiger partial charge < -0.3 is 20.9 Å². The van der Waals surface area contributed by atoms with E-state index in [-0.39, 0.29) is 37.3 Å². The Morgan fingerprint density at radius 1 is 1.30 bits per heavy atom. The van der Waals surface area contributed by atoms with E-state index >= 15 is 0 Å². The maximum absolute atomic E-state index is 11.7. The van der Waals surface area contributed by atoms with Gasteiger partial charge >= 0.3 is 0 Å². The summed E-state index contributed by atoms with van der Waals surface area (Å²) in [5, 5.41) is 9.14. The number of rotatable bonds is 6. The normalized spacial score (nSPS) is 16.3. The third kappa shape index (κ3) is 5.80. The van der Waals surface area contributed by atoms with Crippen LogP contribution in [0.2, 0.25) is 0 Å². The number of carbonyl (C=O) groups is 2. The predicted octanol–water partition coefficient (Wildman–Crippen LogP) is 0.791. The van der Waals surface area contributed by atoms with Crippen molar-refractivity contribution in [2.75, 3.05) is 13.1 Å². The summed E-state index contributed by atoms with van der Waals surface area (Å²) in [6.07, 6.45) is 5.83. The van der Waals surface area contributed by atoms with E-state index in [0.717, 1.165) is 18.7 Å². The molecule has 1 unspecified atom stereocenters. The van der Waals surface area contributed by atoms with E-state index in [1.54, 1.807) is 6.92 Å². The fourth-order valence-electron chi connectivity index (χ4n) is 2.56. The van der Waals surface area contributed by atoms with Crippen LogP contribution in [0.3, 0.4) is 0 Å². The van der Waals surface area contributed by atoms with Gasteiger partial charge in [0.15, 0.2) is 5.82 Å². The molecule has 0 radical (unpaired) electrons. The van der Waals surface area contributed by atoms with Gasteiger partial charge in [0.25, 0.3) is 0 Å². The first kappa shape index (κ1) is 19.4. The van der Waals surface area contributed by atoms with Gasteiger partial charge in [-0.15, -0.1) is 12.4 Å². The third-order valence-corrected chi connectivity index (χ3v) is 3.81. The molecule has 2 amide bonds. The SMILES string of the molecule is CC(NC(=O)CNC(=O)CN)c1nc(C2CCCCC2)no1.Cl. The monoisotopic (exact) mass is 345 g/mol. The minimum absolute atomic E-state index is 0. The first-order valence-electron chi connectivity index (χ1n) is 7.69. The molecular formula is C14H24ClN5O3. The van der Waals surface area contributed by atoms with E-state index in [2.05, 4.69) is 20.8 Å². The van der Waals surface area contributed by atoms with Gasteiger partial charge in [0.2, 0.25) is 17.7 Å². The van der Waals surface area contributed by atoms with Gasteiger partial charge in [-0.3, -0.25) is 9.59 Å². The van der Waals surface area contributed by atoms with Crippen molar-refractivity contribution >= 4 is 24.2 Å². The Balaban J connectivity index is 0.00000264. The smallest absolute Gasteiger partial charge is 0.248 e. The van der Waals surface area contributed by atoms with Gasteiger partial charge in [-0.05, 0) is 19.8 Å². The highest BCUT2D eigenvalue weighted by atomic mass is 35.5. The molecule has 0 saturated heterocycles. The molecule has 1 heterocycles. The van der Waals surface area contributed by atoms with Crippen LogP contribution in [-0.4, -0.2) is 35.0 Å². The Morgan fingerprint density at radius 3 is 2.65 bits per heavy atom. The fourth-order valence-corrected chi connectivity index (χ4v) is 2.56. The number of hydrogen-bond acceptors (Lipinski definition) is 6. The lowest BCUT2D eigenvalue weighted by atomic mass is 9.89. The van der Waals surface area contributed by atoms with Crippen molar-refractivity contribution in [1.82, 2.24) is 20.8 Å². The second-order valence-corrected chi connectivity index (χ2v) is 5.60. The molecule has 1 saturated carbocycles. The molecule has 1 aliphatic rings. The van der Waals surface area contributed by atoms with Crippen molar-refractivity contribution in [3.05, 3.63) is 11.7 Å². The van der Waals surface area contributed by atoms with Crippen LogP contribution in [0.5, 0.6) is 0 Å². The van der Waals surface area contributed by atoms with E-state index in [4.69, 9.17) is 10.3 Å². The number of nitrogens with two attached hydrogens (primary N) is 1. The number of halogens is 1. The lowest BCUT2D eigenvalue weighted by Gasteiger charge is -2.17. The molecule has 0 aromatic carbocycles. The van der Waals surface area contributed by atoms with Crippen molar-refractivity contribution in [1.29, 1.82) is 0 Å². The van der Waals surface area contributed by atoms with Crippen molar-refractivity contribution in [2.45, 2.75) is 51.0 Å². The van der Waals surface area contributed by atoms with E-state index in [0.29, 0.717) is 11.8 Å². The summed E-state index contributed by atoms with van der Waals surface area (Å²) in [6, 6.07) is -0.396. The minimum Gasteiger partial charge on any atom is -0.346 e.